The molecule has 0 amide bonds. The molecule has 0 spiro atoms. The number of benzene rings is 1. The summed E-state index contributed by atoms with van der Waals surface area (Å²) in [5.74, 6) is -0.760. The molecule has 1 aliphatic carbocycles. The number of carbonyl (C=O) groups excluding carboxylic acids is 1. The molecule has 2 atom stereocenters. The molecule has 0 saturated carbocycles. The maximum Gasteiger partial charge on any atom is 0.161 e. The maximum absolute atomic E-state index is 13.6. The van der Waals surface area contributed by atoms with Gasteiger partial charge in [-0.2, -0.15) is 5.26 Å². The van der Waals surface area contributed by atoms with Crippen molar-refractivity contribution in [1.29, 1.82) is 10.7 Å². The standard InChI is InChI=1S/C26H28BrN3OS/c1-25(2,3)21-11-10-20(32-21)22-17(14-28)24(29)30(16-8-6-15(27)7-9-16)18-12-26(4,5)13-19(31)23(18)22/h6-11,17,22,29H,12-13H2,1-5H3. The highest BCUT2D eigenvalue weighted by Gasteiger charge is 2.48. The molecule has 0 bridgehead atoms. The second-order valence-electron chi connectivity index (χ2n) is 10.5. The molecular weight excluding hydrogens is 482 g/mol. The molecule has 1 aliphatic heterocycles. The summed E-state index contributed by atoms with van der Waals surface area (Å²) < 4.78 is 0.946. The quantitative estimate of drug-likeness (QED) is 0.466. The summed E-state index contributed by atoms with van der Waals surface area (Å²) in [6.07, 6.45) is 1.15. The number of amidine groups is 1. The molecule has 0 saturated heterocycles. The van der Waals surface area contributed by atoms with Gasteiger partial charge in [0.05, 0.1) is 6.07 Å². The van der Waals surface area contributed by atoms with Gasteiger partial charge in [-0.1, -0.05) is 50.5 Å². The van der Waals surface area contributed by atoms with Gasteiger partial charge in [-0.15, -0.1) is 11.3 Å². The predicted octanol–water partition coefficient (Wildman–Crippen LogP) is 7.17. The van der Waals surface area contributed by atoms with Crippen molar-refractivity contribution < 1.29 is 4.79 Å². The highest BCUT2D eigenvalue weighted by molar-refractivity contribution is 9.10. The number of thiophene rings is 1. The van der Waals surface area contributed by atoms with Crippen LogP contribution in [0.1, 0.15) is 63.1 Å². The number of nitrogens with zero attached hydrogens (tertiary/aromatic N) is 2. The van der Waals surface area contributed by atoms with Crippen molar-refractivity contribution in [3.63, 3.8) is 0 Å². The summed E-state index contributed by atoms with van der Waals surface area (Å²) in [5.41, 5.74) is 2.21. The first kappa shape index (κ1) is 22.9. The van der Waals surface area contributed by atoms with Gasteiger partial charge in [-0.05, 0) is 53.6 Å². The second kappa shape index (κ2) is 7.97. The van der Waals surface area contributed by atoms with Gasteiger partial charge in [0.15, 0.2) is 5.78 Å². The molecular formula is C26H28BrN3OS. The van der Waals surface area contributed by atoms with E-state index in [0.29, 0.717) is 12.8 Å². The van der Waals surface area contributed by atoms with E-state index >= 15 is 0 Å². The lowest BCUT2D eigenvalue weighted by molar-refractivity contribution is -0.118. The van der Waals surface area contributed by atoms with Gasteiger partial charge in [-0.25, -0.2) is 0 Å². The van der Waals surface area contributed by atoms with Crippen molar-refractivity contribution in [3.05, 3.63) is 61.9 Å². The zero-order valence-electron chi connectivity index (χ0n) is 19.1. The Balaban J connectivity index is 1.95. The van der Waals surface area contributed by atoms with Crippen molar-refractivity contribution in [2.75, 3.05) is 4.90 Å². The van der Waals surface area contributed by atoms with Crippen LogP contribution in [0, 0.1) is 28.1 Å². The van der Waals surface area contributed by atoms with E-state index in [9.17, 15) is 10.1 Å². The number of nitriles is 1. The Morgan fingerprint density at radius 3 is 2.38 bits per heavy atom. The number of nitrogens with one attached hydrogen (secondary N) is 1. The van der Waals surface area contributed by atoms with Gasteiger partial charge in [-0.3, -0.25) is 10.2 Å². The van der Waals surface area contributed by atoms with Crippen molar-refractivity contribution >= 4 is 44.6 Å². The molecule has 2 heterocycles. The molecule has 0 fully saturated rings. The van der Waals surface area contributed by atoms with E-state index in [-0.39, 0.29) is 28.4 Å². The number of ketones is 1. The first-order valence-corrected chi connectivity index (χ1v) is 12.4. The second-order valence-corrected chi connectivity index (χ2v) is 12.6. The van der Waals surface area contributed by atoms with Gasteiger partial charge in [0, 0.05) is 43.5 Å². The summed E-state index contributed by atoms with van der Waals surface area (Å²) in [6, 6.07) is 14.3. The number of Topliss-reactive ketones (excluding diaryl/α,β-unsaturated/α-hetero) is 1. The minimum Gasteiger partial charge on any atom is -0.301 e. The number of anilines is 1. The lowest BCUT2D eigenvalue weighted by Gasteiger charge is -2.45. The Hall–Kier alpha value is -2.23. The molecule has 4 nitrogen and oxygen atoms in total. The highest BCUT2D eigenvalue weighted by atomic mass is 79.9. The van der Waals surface area contributed by atoms with E-state index < -0.39 is 5.92 Å². The third kappa shape index (κ3) is 3.97. The maximum atomic E-state index is 13.6. The Kier molecular flexibility index (Phi) is 5.71. The first-order valence-electron chi connectivity index (χ1n) is 10.8. The van der Waals surface area contributed by atoms with Crippen LogP contribution in [0.3, 0.4) is 0 Å². The predicted molar refractivity (Wildman–Crippen MR) is 134 cm³/mol. The molecule has 32 heavy (non-hydrogen) atoms. The summed E-state index contributed by atoms with van der Waals surface area (Å²) in [7, 11) is 0. The summed E-state index contributed by atoms with van der Waals surface area (Å²) in [6.45, 7) is 10.7. The molecule has 1 aromatic carbocycles. The van der Waals surface area contributed by atoms with Crippen LogP contribution in [-0.4, -0.2) is 11.6 Å². The van der Waals surface area contributed by atoms with Crippen molar-refractivity contribution in [2.24, 2.45) is 11.3 Å². The molecule has 166 valence electrons. The number of hydrogen-bond donors (Lipinski definition) is 1. The third-order valence-corrected chi connectivity index (χ3v) is 8.37. The minimum atomic E-state index is -0.714. The average Bonchev–Trinajstić information content (AvgIpc) is 3.18. The van der Waals surface area contributed by atoms with Gasteiger partial charge in [0.1, 0.15) is 11.8 Å². The van der Waals surface area contributed by atoms with E-state index in [2.05, 4.69) is 68.8 Å². The van der Waals surface area contributed by atoms with Crippen LogP contribution in [0.5, 0.6) is 0 Å². The van der Waals surface area contributed by atoms with Crippen molar-refractivity contribution in [2.45, 2.75) is 58.8 Å². The molecule has 0 radical (unpaired) electrons. The largest absolute Gasteiger partial charge is 0.301 e. The van der Waals surface area contributed by atoms with Crippen LogP contribution in [-0.2, 0) is 10.2 Å². The number of halogens is 1. The van der Waals surface area contributed by atoms with E-state index in [1.54, 1.807) is 11.3 Å². The Morgan fingerprint density at radius 2 is 1.81 bits per heavy atom. The van der Waals surface area contributed by atoms with Gasteiger partial charge < -0.3 is 4.90 Å². The van der Waals surface area contributed by atoms with Crippen LogP contribution >= 0.6 is 27.3 Å². The minimum absolute atomic E-state index is 0.00747. The first-order chi connectivity index (χ1) is 14.9. The fourth-order valence-electron chi connectivity index (χ4n) is 4.71. The smallest absolute Gasteiger partial charge is 0.161 e. The van der Waals surface area contributed by atoms with E-state index in [0.717, 1.165) is 26.3 Å². The summed E-state index contributed by atoms with van der Waals surface area (Å²) in [5, 5.41) is 19.3. The SMILES string of the molecule is CC1(C)CC(=O)C2=C(C1)N(c1ccc(Br)cc1)C(=N)C(C#N)C2c1ccc(C(C)(C)C)s1. The Labute approximate surface area is 202 Å². The van der Waals surface area contributed by atoms with Gasteiger partial charge in [0.25, 0.3) is 0 Å². The lowest BCUT2D eigenvalue weighted by Crippen LogP contribution is -2.47. The number of hydrogen-bond acceptors (Lipinski definition) is 4. The van der Waals surface area contributed by atoms with Crippen molar-refractivity contribution in [3.8, 4) is 6.07 Å². The van der Waals surface area contributed by atoms with Crippen LogP contribution < -0.4 is 4.90 Å². The fraction of sp³-hybridized carbons (Fsp3) is 0.423. The number of allylic oxidation sites excluding steroid dienone is 2. The van der Waals surface area contributed by atoms with Crippen molar-refractivity contribution in [1.82, 2.24) is 0 Å². The highest BCUT2D eigenvalue weighted by Crippen LogP contribution is 2.51. The third-order valence-electron chi connectivity index (χ3n) is 6.24. The summed E-state index contributed by atoms with van der Waals surface area (Å²) >= 11 is 5.14. The fourth-order valence-corrected chi connectivity index (χ4v) is 6.19. The van der Waals surface area contributed by atoms with E-state index in [4.69, 9.17) is 5.41 Å². The number of carbonyl (C=O) groups is 1. The van der Waals surface area contributed by atoms with Crippen LogP contribution in [0.15, 0.2) is 52.1 Å². The molecule has 2 aromatic rings. The molecule has 4 rings (SSSR count). The molecule has 1 N–H and O–H groups in total. The molecule has 1 aromatic heterocycles. The Morgan fingerprint density at radius 1 is 1.16 bits per heavy atom. The molecule has 6 heteroatoms. The van der Waals surface area contributed by atoms with Gasteiger partial charge >= 0.3 is 0 Å². The van der Waals surface area contributed by atoms with Crippen LogP contribution in [0.2, 0.25) is 0 Å². The average molecular weight is 511 g/mol. The lowest BCUT2D eigenvalue weighted by atomic mass is 9.67. The zero-order valence-corrected chi connectivity index (χ0v) is 21.5. The van der Waals surface area contributed by atoms with Crippen LogP contribution in [0.4, 0.5) is 5.69 Å². The Bertz CT molecular complexity index is 1160. The zero-order chi connectivity index (χ0) is 23.4. The molecule has 2 aliphatic rings. The normalized spacial score (nSPS) is 23.2. The monoisotopic (exact) mass is 509 g/mol. The topological polar surface area (TPSA) is 68.0 Å². The summed E-state index contributed by atoms with van der Waals surface area (Å²) in [4.78, 5) is 17.6. The van der Waals surface area contributed by atoms with Gasteiger partial charge in [0.2, 0.25) is 0 Å². The molecule has 2 unspecified atom stereocenters. The number of rotatable bonds is 2. The van der Waals surface area contributed by atoms with E-state index in [1.807, 2.05) is 29.2 Å². The van der Waals surface area contributed by atoms with Crippen LogP contribution in [0.25, 0.3) is 0 Å². The van der Waals surface area contributed by atoms with E-state index in [1.165, 1.54) is 4.88 Å².